The minimum absolute atomic E-state index is 0. The fourth-order valence-electron chi connectivity index (χ4n) is 2.63. The molecule has 0 bridgehead atoms. The van der Waals surface area contributed by atoms with E-state index in [-0.39, 0.29) is 29.9 Å². The molecule has 124 valence electrons. The van der Waals surface area contributed by atoms with Crippen molar-refractivity contribution in [3.8, 4) is 5.75 Å². The molecule has 2 atom stereocenters. The molecule has 0 aliphatic heterocycles. The lowest BCUT2D eigenvalue weighted by atomic mass is 10.0. The summed E-state index contributed by atoms with van der Waals surface area (Å²) in [6.45, 7) is -2.67. The summed E-state index contributed by atoms with van der Waals surface area (Å²) in [6.07, 6.45) is 2.67. The average molecular weight is 339 g/mol. The zero-order valence-corrected chi connectivity index (χ0v) is 12.5. The third-order valence-electron chi connectivity index (χ3n) is 3.68. The Morgan fingerprint density at radius 1 is 1.41 bits per heavy atom. The average Bonchev–Trinajstić information content (AvgIpc) is 2.85. The third-order valence-corrected chi connectivity index (χ3v) is 3.68. The first-order valence-electron chi connectivity index (χ1n) is 6.76. The van der Waals surface area contributed by atoms with Crippen LogP contribution in [0.15, 0.2) is 18.2 Å². The largest absolute Gasteiger partial charge is 0.434 e. The van der Waals surface area contributed by atoms with E-state index in [2.05, 4.69) is 10.1 Å². The highest BCUT2D eigenvalue weighted by Crippen LogP contribution is 2.27. The van der Waals surface area contributed by atoms with Gasteiger partial charge in [0.15, 0.2) is 0 Å². The molecule has 2 rings (SSSR count). The Hall–Kier alpha value is -1.47. The fourth-order valence-corrected chi connectivity index (χ4v) is 2.63. The number of nitrogens with one attached hydrogen (secondary N) is 1. The Kier molecular flexibility index (Phi) is 6.96. The summed E-state index contributed by atoms with van der Waals surface area (Å²) >= 11 is 0. The second kappa shape index (κ2) is 8.24. The summed E-state index contributed by atoms with van der Waals surface area (Å²) < 4.78 is 42.0. The molecule has 0 aromatic heterocycles. The van der Waals surface area contributed by atoms with Crippen molar-refractivity contribution in [2.24, 2.45) is 11.7 Å². The van der Waals surface area contributed by atoms with E-state index in [1.54, 1.807) is 0 Å². The van der Waals surface area contributed by atoms with Crippen LogP contribution in [-0.2, 0) is 0 Å². The van der Waals surface area contributed by atoms with E-state index in [1.165, 1.54) is 0 Å². The first-order valence-corrected chi connectivity index (χ1v) is 6.76. The van der Waals surface area contributed by atoms with Gasteiger partial charge in [0.1, 0.15) is 11.6 Å². The van der Waals surface area contributed by atoms with Gasteiger partial charge in [-0.05, 0) is 37.4 Å². The normalized spacial score (nSPS) is 20.6. The van der Waals surface area contributed by atoms with Crippen LogP contribution in [0.25, 0.3) is 0 Å². The summed E-state index contributed by atoms with van der Waals surface area (Å²) in [5, 5.41) is 2.76. The number of hydrogen-bond donors (Lipinski definition) is 2. The van der Waals surface area contributed by atoms with E-state index in [1.807, 2.05) is 0 Å². The number of nitrogens with two attached hydrogens (primary N) is 1. The predicted molar refractivity (Wildman–Crippen MR) is 77.9 cm³/mol. The molecule has 0 spiro atoms. The zero-order chi connectivity index (χ0) is 15.4. The number of halogens is 4. The van der Waals surface area contributed by atoms with Gasteiger partial charge in [-0.2, -0.15) is 8.78 Å². The van der Waals surface area contributed by atoms with Gasteiger partial charge >= 0.3 is 6.61 Å². The van der Waals surface area contributed by atoms with Crippen molar-refractivity contribution >= 4 is 18.3 Å². The van der Waals surface area contributed by atoms with Gasteiger partial charge in [0, 0.05) is 12.1 Å². The van der Waals surface area contributed by atoms with Gasteiger partial charge in [-0.15, -0.1) is 12.4 Å². The van der Waals surface area contributed by atoms with Crippen LogP contribution in [0.2, 0.25) is 0 Å². The Balaban J connectivity index is 0.00000242. The van der Waals surface area contributed by atoms with E-state index in [4.69, 9.17) is 5.73 Å². The standard InChI is InChI=1S/C14H17F3N2O2.ClH/c15-9-4-5-10(12(6-9)21-14(16)17)13(20)19-11-3-1-2-8(11)7-18;/h4-6,8,11,14H,1-3,7,18H2,(H,19,20);1H. The minimum Gasteiger partial charge on any atom is -0.434 e. The molecule has 1 aromatic carbocycles. The minimum atomic E-state index is -3.12. The monoisotopic (exact) mass is 338 g/mol. The topological polar surface area (TPSA) is 64.3 Å². The molecule has 1 saturated carbocycles. The highest BCUT2D eigenvalue weighted by molar-refractivity contribution is 5.97. The van der Waals surface area contributed by atoms with Crippen molar-refractivity contribution in [2.75, 3.05) is 6.54 Å². The highest BCUT2D eigenvalue weighted by Gasteiger charge is 2.28. The van der Waals surface area contributed by atoms with Crippen LogP contribution in [0.4, 0.5) is 13.2 Å². The van der Waals surface area contributed by atoms with E-state index < -0.39 is 24.1 Å². The lowest BCUT2D eigenvalue weighted by molar-refractivity contribution is -0.0503. The van der Waals surface area contributed by atoms with Crippen molar-refractivity contribution in [3.63, 3.8) is 0 Å². The van der Waals surface area contributed by atoms with Gasteiger partial charge in [-0.25, -0.2) is 4.39 Å². The summed E-state index contributed by atoms with van der Waals surface area (Å²) in [6, 6.07) is 2.85. The van der Waals surface area contributed by atoms with Crippen LogP contribution < -0.4 is 15.8 Å². The molecule has 3 N–H and O–H groups in total. The van der Waals surface area contributed by atoms with Crippen molar-refractivity contribution in [3.05, 3.63) is 29.6 Å². The lowest BCUT2D eigenvalue weighted by Gasteiger charge is -2.20. The summed E-state index contributed by atoms with van der Waals surface area (Å²) in [5.74, 6) is -1.60. The lowest BCUT2D eigenvalue weighted by Crippen LogP contribution is -2.40. The van der Waals surface area contributed by atoms with Gasteiger partial charge in [-0.3, -0.25) is 4.79 Å². The second-order valence-corrected chi connectivity index (χ2v) is 5.03. The number of rotatable bonds is 5. The molecule has 1 amide bonds. The van der Waals surface area contributed by atoms with Crippen molar-refractivity contribution in [2.45, 2.75) is 31.9 Å². The first kappa shape index (κ1) is 18.6. The molecule has 0 saturated heterocycles. The SMILES string of the molecule is Cl.NCC1CCCC1NC(=O)c1ccc(F)cc1OC(F)F. The van der Waals surface area contributed by atoms with Crippen LogP contribution in [0.5, 0.6) is 5.75 Å². The number of carbonyl (C=O) groups excluding carboxylic acids is 1. The number of amides is 1. The van der Waals surface area contributed by atoms with Crippen LogP contribution in [-0.4, -0.2) is 25.1 Å². The van der Waals surface area contributed by atoms with Crippen LogP contribution in [0, 0.1) is 11.7 Å². The molecule has 0 heterocycles. The van der Waals surface area contributed by atoms with Crippen LogP contribution >= 0.6 is 12.4 Å². The van der Waals surface area contributed by atoms with E-state index in [0.717, 1.165) is 37.5 Å². The maximum absolute atomic E-state index is 13.1. The maximum Gasteiger partial charge on any atom is 0.387 e. The molecule has 8 heteroatoms. The summed E-state index contributed by atoms with van der Waals surface area (Å²) in [4.78, 5) is 12.2. The quantitative estimate of drug-likeness (QED) is 0.867. The smallest absolute Gasteiger partial charge is 0.387 e. The van der Waals surface area contributed by atoms with Gasteiger partial charge in [0.05, 0.1) is 5.56 Å². The number of carbonyl (C=O) groups is 1. The molecule has 1 aliphatic carbocycles. The molecule has 2 unspecified atom stereocenters. The maximum atomic E-state index is 13.1. The summed E-state index contributed by atoms with van der Waals surface area (Å²) in [7, 11) is 0. The van der Waals surface area contributed by atoms with E-state index in [0.29, 0.717) is 6.54 Å². The molecule has 1 aliphatic rings. The van der Waals surface area contributed by atoms with Gasteiger partial charge in [0.25, 0.3) is 5.91 Å². The fraction of sp³-hybridized carbons (Fsp3) is 0.500. The molecule has 1 aromatic rings. The van der Waals surface area contributed by atoms with Crippen molar-refractivity contribution in [1.82, 2.24) is 5.32 Å². The molecule has 22 heavy (non-hydrogen) atoms. The van der Waals surface area contributed by atoms with Crippen LogP contribution in [0.3, 0.4) is 0 Å². The zero-order valence-electron chi connectivity index (χ0n) is 11.7. The van der Waals surface area contributed by atoms with E-state index in [9.17, 15) is 18.0 Å². The summed E-state index contributed by atoms with van der Waals surface area (Å²) in [5.41, 5.74) is 5.52. The Bertz CT molecular complexity index is 517. The molecular formula is C14H18ClF3N2O2. The van der Waals surface area contributed by atoms with Crippen LogP contribution in [0.1, 0.15) is 29.6 Å². The Labute approximate surface area is 132 Å². The highest BCUT2D eigenvalue weighted by atomic mass is 35.5. The Morgan fingerprint density at radius 3 is 2.77 bits per heavy atom. The molecule has 1 fully saturated rings. The van der Waals surface area contributed by atoms with Gasteiger partial charge in [-0.1, -0.05) is 6.42 Å². The molecule has 0 radical (unpaired) electrons. The Morgan fingerprint density at radius 2 is 2.14 bits per heavy atom. The van der Waals surface area contributed by atoms with Gasteiger partial charge in [0.2, 0.25) is 0 Å². The van der Waals surface area contributed by atoms with E-state index >= 15 is 0 Å². The predicted octanol–water partition coefficient (Wildman–Crippen LogP) is 2.71. The number of ether oxygens (including phenoxy) is 1. The number of alkyl halides is 2. The second-order valence-electron chi connectivity index (χ2n) is 5.03. The van der Waals surface area contributed by atoms with Crippen molar-refractivity contribution in [1.29, 1.82) is 0 Å². The number of hydrogen-bond acceptors (Lipinski definition) is 3. The first-order chi connectivity index (χ1) is 10.0. The molecular weight excluding hydrogens is 321 g/mol. The van der Waals surface area contributed by atoms with Crippen molar-refractivity contribution < 1.29 is 22.7 Å². The number of benzene rings is 1. The molecule has 4 nitrogen and oxygen atoms in total. The third kappa shape index (κ3) is 4.51. The van der Waals surface area contributed by atoms with Gasteiger partial charge < -0.3 is 15.8 Å².